The van der Waals surface area contributed by atoms with E-state index in [0.717, 1.165) is 0 Å². The second kappa shape index (κ2) is 6.38. The highest BCUT2D eigenvalue weighted by Crippen LogP contribution is 2.30. The molecule has 0 spiro atoms. The van der Waals surface area contributed by atoms with Gasteiger partial charge >= 0.3 is 6.18 Å². The monoisotopic (exact) mass is 283 g/mol. The van der Waals surface area contributed by atoms with E-state index in [9.17, 15) is 17.6 Å². The summed E-state index contributed by atoms with van der Waals surface area (Å²) >= 11 is 5.80. The Morgan fingerprint density at radius 2 is 2.00 bits per heavy atom. The van der Waals surface area contributed by atoms with E-state index < -0.39 is 18.4 Å². The summed E-state index contributed by atoms with van der Waals surface area (Å²) in [5, 5.41) is 2.82. The molecule has 18 heavy (non-hydrogen) atoms. The van der Waals surface area contributed by atoms with Crippen molar-refractivity contribution in [3.05, 3.63) is 34.6 Å². The minimum Gasteiger partial charge on any atom is -0.313 e. The minimum atomic E-state index is -4.16. The molecule has 0 aliphatic carbocycles. The molecule has 0 amide bonds. The van der Waals surface area contributed by atoms with E-state index in [4.69, 9.17) is 11.6 Å². The van der Waals surface area contributed by atoms with Gasteiger partial charge in [0.15, 0.2) is 0 Å². The molecule has 0 saturated carbocycles. The highest BCUT2D eigenvalue weighted by Gasteiger charge is 2.27. The van der Waals surface area contributed by atoms with Gasteiger partial charge in [-0.25, -0.2) is 4.39 Å². The fraction of sp³-hybridized carbons (Fsp3) is 0.500. The van der Waals surface area contributed by atoms with Crippen LogP contribution >= 0.6 is 11.6 Å². The molecule has 0 aromatic heterocycles. The van der Waals surface area contributed by atoms with E-state index in [-0.39, 0.29) is 23.9 Å². The number of rotatable bonds is 5. The first-order valence-corrected chi connectivity index (χ1v) is 5.91. The molecule has 1 rings (SSSR count). The van der Waals surface area contributed by atoms with Crippen molar-refractivity contribution >= 4 is 11.6 Å². The third kappa shape index (κ3) is 4.46. The van der Waals surface area contributed by atoms with Gasteiger partial charge in [0.05, 0.1) is 5.02 Å². The van der Waals surface area contributed by atoms with Gasteiger partial charge in [-0.05, 0) is 31.5 Å². The number of hydrogen-bond donors (Lipinski definition) is 1. The van der Waals surface area contributed by atoms with Crippen LogP contribution in [0.1, 0.15) is 30.9 Å². The van der Waals surface area contributed by atoms with Crippen LogP contribution in [0, 0.1) is 5.82 Å². The van der Waals surface area contributed by atoms with Crippen molar-refractivity contribution < 1.29 is 17.6 Å². The first kappa shape index (κ1) is 15.2. The number of hydrogen-bond acceptors (Lipinski definition) is 1. The van der Waals surface area contributed by atoms with Crippen LogP contribution in [-0.2, 0) is 0 Å². The minimum absolute atomic E-state index is 0.0259. The SMILES string of the molecule is CNC(CCCC(F)(F)F)c1cccc(F)c1Cl. The molecular formula is C12H14ClF4N. The molecule has 0 aliphatic heterocycles. The van der Waals surface area contributed by atoms with Crippen LogP contribution in [0.25, 0.3) is 0 Å². The standard InChI is InChI=1S/C12H14ClF4N/c1-18-10(6-3-7-12(15,16)17)8-4-2-5-9(14)11(8)13/h2,4-5,10,18H,3,6-7H2,1H3. The van der Waals surface area contributed by atoms with Crippen molar-refractivity contribution in [2.24, 2.45) is 0 Å². The van der Waals surface area contributed by atoms with E-state index in [1.807, 2.05) is 0 Å². The summed E-state index contributed by atoms with van der Waals surface area (Å²) in [6, 6.07) is 3.94. The molecule has 1 N–H and O–H groups in total. The molecule has 1 unspecified atom stereocenters. The van der Waals surface area contributed by atoms with Crippen LogP contribution < -0.4 is 5.32 Å². The normalized spacial score (nSPS) is 13.7. The Morgan fingerprint density at radius 1 is 1.33 bits per heavy atom. The number of halogens is 5. The maximum atomic E-state index is 13.2. The van der Waals surface area contributed by atoms with Crippen molar-refractivity contribution in [1.82, 2.24) is 5.32 Å². The van der Waals surface area contributed by atoms with Crippen LogP contribution in [0.2, 0.25) is 5.02 Å². The zero-order valence-electron chi connectivity index (χ0n) is 9.82. The van der Waals surface area contributed by atoms with Crippen molar-refractivity contribution in [3.63, 3.8) is 0 Å². The van der Waals surface area contributed by atoms with Gasteiger partial charge in [-0.1, -0.05) is 23.7 Å². The summed E-state index contributed by atoms with van der Waals surface area (Å²) < 4.78 is 49.4. The topological polar surface area (TPSA) is 12.0 Å². The molecular weight excluding hydrogens is 270 g/mol. The second-order valence-corrected chi connectivity index (χ2v) is 4.37. The quantitative estimate of drug-likeness (QED) is 0.786. The first-order chi connectivity index (χ1) is 8.35. The summed E-state index contributed by atoms with van der Waals surface area (Å²) in [4.78, 5) is 0. The van der Waals surface area contributed by atoms with Gasteiger partial charge in [0.1, 0.15) is 5.82 Å². The van der Waals surface area contributed by atoms with Gasteiger partial charge in [-0.2, -0.15) is 13.2 Å². The summed E-state index contributed by atoms with van der Waals surface area (Å²) in [5.41, 5.74) is 0.487. The zero-order valence-corrected chi connectivity index (χ0v) is 10.6. The molecule has 6 heteroatoms. The lowest BCUT2D eigenvalue weighted by Crippen LogP contribution is -2.18. The van der Waals surface area contributed by atoms with Crippen LogP contribution in [0.3, 0.4) is 0 Å². The van der Waals surface area contributed by atoms with Gasteiger partial charge < -0.3 is 5.32 Å². The number of benzene rings is 1. The Bertz CT molecular complexity index is 392. The molecule has 102 valence electrons. The van der Waals surface area contributed by atoms with Crippen LogP contribution in [0.4, 0.5) is 17.6 Å². The van der Waals surface area contributed by atoms with Crippen molar-refractivity contribution in [2.45, 2.75) is 31.5 Å². The lowest BCUT2D eigenvalue weighted by Gasteiger charge is -2.18. The second-order valence-electron chi connectivity index (χ2n) is 3.99. The van der Waals surface area contributed by atoms with Crippen molar-refractivity contribution in [3.8, 4) is 0 Å². The molecule has 0 fully saturated rings. The zero-order chi connectivity index (χ0) is 13.8. The highest BCUT2D eigenvalue weighted by molar-refractivity contribution is 6.31. The fourth-order valence-electron chi connectivity index (χ4n) is 1.75. The predicted octanol–water partition coefficient (Wildman–Crippen LogP) is 4.47. The first-order valence-electron chi connectivity index (χ1n) is 5.53. The molecule has 1 atom stereocenters. The lowest BCUT2D eigenvalue weighted by molar-refractivity contribution is -0.135. The van der Waals surface area contributed by atoms with E-state index in [1.54, 1.807) is 13.1 Å². The number of alkyl halides is 3. The third-order valence-corrected chi connectivity index (χ3v) is 3.06. The molecule has 1 aromatic carbocycles. The van der Waals surface area contributed by atoms with Gasteiger partial charge in [-0.3, -0.25) is 0 Å². The van der Waals surface area contributed by atoms with Crippen LogP contribution in [0.5, 0.6) is 0 Å². The molecule has 0 radical (unpaired) electrons. The van der Waals surface area contributed by atoms with Crippen LogP contribution in [0.15, 0.2) is 18.2 Å². The van der Waals surface area contributed by atoms with E-state index >= 15 is 0 Å². The summed E-state index contributed by atoms with van der Waals surface area (Å²) in [6.07, 6.45) is -4.79. The lowest BCUT2D eigenvalue weighted by atomic mass is 10.0. The maximum absolute atomic E-state index is 13.2. The molecule has 0 aliphatic rings. The van der Waals surface area contributed by atoms with E-state index in [0.29, 0.717) is 5.56 Å². The van der Waals surface area contributed by atoms with E-state index in [1.165, 1.54) is 12.1 Å². The molecule has 1 nitrogen and oxygen atoms in total. The van der Waals surface area contributed by atoms with E-state index in [2.05, 4.69) is 5.32 Å². The van der Waals surface area contributed by atoms with Gasteiger partial charge in [0.25, 0.3) is 0 Å². The predicted molar refractivity (Wildman–Crippen MR) is 63.1 cm³/mol. The average molecular weight is 284 g/mol. The summed E-state index contributed by atoms with van der Waals surface area (Å²) in [6.45, 7) is 0. The average Bonchev–Trinajstić information content (AvgIpc) is 2.27. The fourth-order valence-corrected chi connectivity index (χ4v) is 2.01. The van der Waals surface area contributed by atoms with Crippen molar-refractivity contribution in [1.29, 1.82) is 0 Å². The largest absolute Gasteiger partial charge is 0.389 e. The van der Waals surface area contributed by atoms with Crippen molar-refractivity contribution in [2.75, 3.05) is 7.05 Å². The molecule has 0 heterocycles. The Hall–Kier alpha value is -0.810. The smallest absolute Gasteiger partial charge is 0.313 e. The highest BCUT2D eigenvalue weighted by atomic mass is 35.5. The van der Waals surface area contributed by atoms with Gasteiger partial charge in [0, 0.05) is 12.5 Å². The number of nitrogens with one attached hydrogen (secondary N) is 1. The summed E-state index contributed by atoms with van der Waals surface area (Å²) in [5.74, 6) is -0.565. The Labute approximate surface area is 108 Å². The molecule has 0 bridgehead atoms. The Kier molecular flexibility index (Phi) is 5.41. The maximum Gasteiger partial charge on any atom is 0.389 e. The molecule has 1 aromatic rings. The third-order valence-electron chi connectivity index (χ3n) is 2.66. The Morgan fingerprint density at radius 3 is 2.56 bits per heavy atom. The van der Waals surface area contributed by atoms with Gasteiger partial charge in [0.2, 0.25) is 0 Å². The Balaban J connectivity index is 2.69. The summed E-state index contributed by atoms with van der Waals surface area (Å²) in [7, 11) is 1.61. The van der Waals surface area contributed by atoms with Crippen LogP contribution in [-0.4, -0.2) is 13.2 Å². The molecule has 0 saturated heterocycles. The van der Waals surface area contributed by atoms with Gasteiger partial charge in [-0.15, -0.1) is 0 Å².